The molecule has 0 saturated heterocycles. The molecule has 0 aliphatic heterocycles. The number of rotatable bonds is 3. The number of aliphatic hydroxyl groups is 1. The summed E-state index contributed by atoms with van der Waals surface area (Å²) in [6.07, 6.45) is 7.50. The molecule has 0 spiro atoms. The molecule has 0 aromatic heterocycles. The molecule has 0 heterocycles. The van der Waals surface area contributed by atoms with Crippen molar-refractivity contribution in [2.75, 3.05) is 13.3 Å². The highest BCUT2D eigenvalue weighted by molar-refractivity contribution is 4.51. The molecule has 1 saturated carbocycles. The molecule has 0 unspecified atom stereocenters. The van der Waals surface area contributed by atoms with E-state index in [1.807, 2.05) is 0 Å². The summed E-state index contributed by atoms with van der Waals surface area (Å²) in [5.41, 5.74) is 0. The average Bonchev–Trinajstić information content (AvgIpc) is 2.57. The van der Waals surface area contributed by atoms with Crippen LogP contribution in [0.15, 0.2) is 0 Å². The van der Waals surface area contributed by atoms with Crippen molar-refractivity contribution in [1.29, 1.82) is 0 Å². The van der Waals surface area contributed by atoms with Crippen molar-refractivity contribution >= 4 is 0 Å². The van der Waals surface area contributed by atoms with Gasteiger partial charge in [-0.05, 0) is 12.5 Å². The van der Waals surface area contributed by atoms with Crippen LogP contribution in [0.3, 0.4) is 0 Å². The Morgan fingerprint density at radius 1 is 1.08 bits per heavy atom. The maximum Gasteiger partial charge on any atom is 0.0931 e. The molecule has 0 bridgehead atoms. The standard InChI is InChI=1S/C5H13NO.C5H10/c1-5(2)3-6-4-7;1-2-4-5-3-1/h5-7H,3-4H2,1-2H3;1-5H2. The second-order valence-corrected chi connectivity index (χ2v) is 3.77. The normalized spacial score (nSPS) is 16.0. The van der Waals surface area contributed by atoms with Gasteiger partial charge in [0, 0.05) is 0 Å². The predicted molar refractivity (Wildman–Crippen MR) is 53.0 cm³/mol. The summed E-state index contributed by atoms with van der Waals surface area (Å²) < 4.78 is 0. The molecule has 1 fully saturated rings. The summed E-state index contributed by atoms with van der Waals surface area (Å²) in [7, 11) is 0. The molecular weight excluding hydrogens is 150 g/mol. The lowest BCUT2D eigenvalue weighted by Crippen LogP contribution is -2.19. The first kappa shape index (κ1) is 11.9. The lowest BCUT2D eigenvalue weighted by molar-refractivity contribution is 0.254. The number of aliphatic hydroxyl groups excluding tert-OH is 1. The highest BCUT2D eigenvalue weighted by atomic mass is 16.3. The van der Waals surface area contributed by atoms with Crippen LogP contribution >= 0.6 is 0 Å². The number of hydrogen-bond acceptors (Lipinski definition) is 2. The van der Waals surface area contributed by atoms with Gasteiger partial charge in [0.1, 0.15) is 0 Å². The molecule has 0 aromatic carbocycles. The Labute approximate surface area is 76.4 Å². The van der Waals surface area contributed by atoms with E-state index >= 15 is 0 Å². The Hall–Kier alpha value is -0.0800. The smallest absolute Gasteiger partial charge is 0.0931 e. The average molecular weight is 173 g/mol. The van der Waals surface area contributed by atoms with Crippen molar-refractivity contribution in [1.82, 2.24) is 5.32 Å². The number of nitrogens with one attached hydrogen (secondary N) is 1. The molecule has 0 atom stereocenters. The Bertz CT molecular complexity index is 72.3. The van der Waals surface area contributed by atoms with E-state index in [2.05, 4.69) is 19.2 Å². The first-order valence-electron chi connectivity index (χ1n) is 5.09. The van der Waals surface area contributed by atoms with Crippen LogP contribution in [0.1, 0.15) is 46.0 Å². The highest BCUT2D eigenvalue weighted by Gasteiger charge is 1.95. The maximum absolute atomic E-state index is 8.20. The van der Waals surface area contributed by atoms with Gasteiger partial charge in [0.15, 0.2) is 0 Å². The van der Waals surface area contributed by atoms with E-state index < -0.39 is 0 Å². The van der Waals surface area contributed by atoms with Crippen molar-refractivity contribution in [2.45, 2.75) is 46.0 Å². The van der Waals surface area contributed by atoms with Gasteiger partial charge in [0.05, 0.1) is 6.73 Å². The van der Waals surface area contributed by atoms with Gasteiger partial charge >= 0.3 is 0 Å². The molecule has 2 N–H and O–H groups in total. The van der Waals surface area contributed by atoms with Crippen molar-refractivity contribution in [3.05, 3.63) is 0 Å². The van der Waals surface area contributed by atoms with E-state index in [-0.39, 0.29) is 6.73 Å². The third kappa shape index (κ3) is 9.92. The van der Waals surface area contributed by atoms with E-state index in [0.717, 1.165) is 6.54 Å². The second-order valence-electron chi connectivity index (χ2n) is 3.77. The zero-order chi connectivity index (χ0) is 9.23. The molecular formula is C10H23NO. The monoisotopic (exact) mass is 173 g/mol. The maximum atomic E-state index is 8.20. The van der Waals surface area contributed by atoms with Crippen molar-refractivity contribution in [3.63, 3.8) is 0 Å². The van der Waals surface area contributed by atoms with Crippen LogP contribution in [0.2, 0.25) is 0 Å². The van der Waals surface area contributed by atoms with Crippen LogP contribution in [-0.2, 0) is 0 Å². The van der Waals surface area contributed by atoms with Crippen LogP contribution in [0, 0.1) is 5.92 Å². The fourth-order valence-corrected chi connectivity index (χ4v) is 1.24. The molecule has 74 valence electrons. The third-order valence-corrected chi connectivity index (χ3v) is 1.91. The van der Waals surface area contributed by atoms with E-state index in [1.165, 1.54) is 32.1 Å². The van der Waals surface area contributed by atoms with Gasteiger partial charge in [-0.15, -0.1) is 0 Å². The van der Waals surface area contributed by atoms with Gasteiger partial charge in [-0.1, -0.05) is 46.0 Å². The summed E-state index contributed by atoms with van der Waals surface area (Å²) in [6, 6.07) is 0. The molecule has 0 radical (unpaired) electrons. The zero-order valence-electron chi connectivity index (χ0n) is 8.47. The Morgan fingerprint density at radius 3 is 1.67 bits per heavy atom. The SMILES string of the molecule is C1CCCC1.CC(C)CNCO. The van der Waals surface area contributed by atoms with E-state index in [9.17, 15) is 0 Å². The summed E-state index contributed by atoms with van der Waals surface area (Å²) in [6.45, 7) is 5.19. The van der Waals surface area contributed by atoms with Gasteiger partial charge in [0.2, 0.25) is 0 Å². The Morgan fingerprint density at radius 2 is 1.50 bits per heavy atom. The predicted octanol–water partition coefficient (Wildman–Crippen LogP) is 2.13. The van der Waals surface area contributed by atoms with Gasteiger partial charge in [-0.2, -0.15) is 0 Å². The lowest BCUT2D eigenvalue weighted by Gasteiger charge is -2.01. The highest BCUT2D eigenvalue weighted by Crippen LogP contribution is 2.15. The van der Waals surface area contributed by atoms with E-state index in [0.29, 0.717) is 5.92 Å². The van der Waals surface area contributed by atoms with Gasteiger partial charge in [-0.25, -0.2) is 0 Å². The quantitative estimate of drug-likeness (QED) is 0.641. The summed E-state index contributed by atoms with van der Waals surface area (Å²) >= 11 is 0. The van der Waals surface area contributed by atoms with Crippen LogP contribution in [0.4, 0.5) is 0 Å². The molecule has 12 heavy (non-hydrogen) atoms. The minimum absolute atomic E-state index is 0.0954. The fraction of sp³-hybridized carbons (Fsp3) is 1.00. The minimum atomic E-state index is 0.0954. The van der Waals surface area contributed by atoms with E-state index in [1.54, 1.807) is 0 Å². The lowest BCUT2D eigenvalue weighted by atomic mass is 10.2. The second kappa shape index (κ2) is 9.01. The van der Waals surface area contributed by atoms with Crippen LogP contribution in [0.5, 0.6) is 0 Å². The topological polar surface area (TPSA) is 32.3 Å². The van der Waals surface area contributed by atoms with Crippen molar-refractivity contribution in [3.8, 4) is 0 Å². The largest absolute Gasteiger partial charge is 0.381 e. The van der Waals surface area contributed by atoms with Gasteiger partial charge in [-0.3, -0.25) is 5.32 Å². The third-order valence-electron chi connectivity index (χ3n) is 1.91. The fourth-order valence-electron chi connectivity index (χ4n) is 1.24. The Balaban J connectivity index is 0.000000211. The minimum Gasteiger partial charge on any atom is -0.381 e. The van der Waals surface area contributed by atoms with E-state index in [4.69, 9.17) is 5.11 Å². The first-order chi connectivity index (χ1) is 5.77. The first-order valence-corrected chi connectivity index (χ1v) is 5.09. The molecule has 0 aromatic rings. The molecule has 1 rings (SSSR count). The summed E-state index contributed by atoms with van der Waals surface area (Å²) in [5, 5.41) is 11.0. The molecule has 2 heteroatoms. The molecule has 1 aliphatic rings. The van der Waals surface area contributed by atoms with Gasteiger partial charge in [0.25, 0.3) is 0 Å². The molecule has 0 amide bonds. The summed E-state index contributed by atoms with van der Waals surface area (Å²) in [4.78, 5) is 0. The van der Waals surface area contributed by atoms with Crippen LogP contribution < -0.4 is 5.32 Å². The molecule has 1 aliphatic carbocycles. The Kier molecular flexibility index (Phi) is 8.95. The van der Waals surface area contributed by atoms with Crippen LogP contribution in [-0.4, -0.2) is 18.4 Å². The number of hydrogen-bond donors (Lipinski definition) is 2. The molecule has 2 nitrogen and oxygen atoms in total. The zero-order valence-corrected chi connectivity index (χ0v) is 8.47. The van der Waals surface area contributed by atoms with Gasteiger partial charge < -0.3 is 5.11 Å². The van der Waals surface area contributed by atoms with Crippen LogP contribution in [0.25, 0.3) is 0 Å². The van der Waals surface area contributed by atoms with Crippen molar-refractivity contribution < 1.29 is 5.11 Å². The van der Waals surface area contributed by atoms with Crippen molar-refractivity contribution in [2.24, 2.45) is 5.92 Å². The summed E-state index contributed by atoms with van der Waals surface area (Å²) in [5.74, 6) is 0.632.